The highest BCUT2D eigenvalue weighted by atomic mass is 16.2. The van der Waals surface area contributed by atoms with Crippen LogP contribution in [0.3, 0.4) is 0 Å². The molecular weight excluding hydrogens is 292 g/mol. The highest BCUT2D eigenvalue weighted by molar-refractivity contribution is 5.79. The fraction of sp³-hybridized carbons (Fsp3) is 0.375. The first kappa shape index (κ1) is 15.2. The summed E-state index contributed by atoms with van der Waals surface area (Å²) in [6.07, 6.45) is 5.23. The third kappa shape index (κ3) is 3.23. The standard InChI is InChI=1S/C16H20N6O/c1-12-8-10-18-22(12)13(2)16(23)17-9-5-7-15-20-19-14-6-3-4-11-21(14)15/h3-4,6,8,10-11,13H,5,7,9H2,1-2H3,(H,17,23). The third-order valence-electron chi connectivity index (χ3n) is 3.88. The van der Waals surface area contributed by atoms with Gasteiger partial charge in [0.15, 0.2) is 5.65 Å². The molecule has 7 heteroatoms. The van der Waals surface area contributed by atoms with Gasteiger partial charge in [-0.25, -0.2) is 0 Å². The van der Waals surface area contributed by atoms with Gasteiger partial charge in [-0.2, -0.15) is 5.10 Å². The second-order valence-corrected chi connectivity index (χ2v) is 5.53. The number of fused-ring (bicyclic) bond motifs is 1. The maximum Gasteiger partial charge on any atom is 0.244 e. The van der Waals surface area contributed by atoms with E-state index in [0.29, 0.717) is 6.54 Å². The number of carbonyl (C=O) groups is 1. The first-order valence-electron chi connectivity index (χ1n) is 7.73. The van der Waals surface area contributed by atoms with Gasteiger partial charge in [-0.1, -0.05) is 6.07 Å². The zero-order valence-corrected chi connectivity index (χ0v) is 13.3. The highest BCUT2D eigenvalue weighted by Gasteiger charge is 2.16. The molecule has 3 heterocycles. The molecule has 1 N–H and O–H groups in total. The van der Waals surface area contributed by atoms with Crippen LogP contribution < -0.4 is 5.32 Å². The third-order valence-corrected chi connectivity index (χ3v) is 3.88. The van der Waals surface area contributed by atoms with Crippen LogP contribution in [0.4, 0.5) is 0 Å². The molecule has 1 unspecified atom stereocenters. The molecule has 3 aromatic heterocycles. The molecule has 0 saturated carbocycles. The van der Waals surface area contributed by atoms with Crippen molar-refractivity contribution in [3.8, 4) is 0 Å². The molecule has 0 fully saturated rings. The maximum atomic E-state index is 12.2. The van der Waals surface area contributed by atoms with Crippen molar-refractivity contribution in [2.75, 3.05) is 6.54 Å². The number of aromatic nitrogens is 5. The van der Waals surface area contributed by atoms with E-state index in [4.69, 9.17) is 0 Å². The summed E-state index contributed by atoms with van der Waals surface area (Å²) >= 11 is 0. The van der Waals surface area contributed by atoms with E-state index in [1.54, 1.807) is 10.9 Å². The number of pyridine rings is 1. The van der Waals surface area contributed by atoms with Gasteiger partial charge in [-0.15, -0.1) is 10.2 Å². The fourth-order valence-electron chi connectivity index (χ4n) is 2.56. The minimum atomic E-state index is -0.307. The van der Waals surface area contributed by atoms with E-state index in [-0.39, 0.29) is 11.9 Å². The summed E-state index contributed by atoms with van der Waals surface area (Å²) in [5.74, 6) is 0.883. The minimum absolute atomic E-state index is 0.0251. The van der Waals surface area contributed by atoms with Crippen molar-refractivity contribution in [2.24, 2.45) is 0 Å². The van der Waals surface area contributed by atoms with Gasteiger partial charge in [0.1, 0.15) is 11.9 Å². The van der Waals surface area contributed by atoms with Gasteiger partial charge in [-0.05, 0) is 38.5 Å². The largest absolute Gasteiger partial charge is 0.354 e. The fourth-order valence-corrected chi connectivity index (χ4v) is 2.56. The topological polar surface area (TPSA) is 77.1 Å². The number of nitrogens with one attached hydrogen (secondary N) is 1. The second-order valence-electron chi connectivity index (χ2n) is 5.53. The summed E-state index contributed by atoms with van der Waals surface area (Å²) in [7, 11) is 0. The Morgan fingerprint density at radius 2 is 2.17 bits per heavy atom. The van der Waals surface area contributed by atoms with Crippen molar-refractivity contribution in [3.05, 3.63) is 48.2 Å². The zero-order chi connectivity index (χ0) is 16.2. The molecule has 0 aliphatic heterocycles. The predicted octanol–water partition coefficient (Wildman–Crippen LogP) is 1.54. The molecule has 0 aromatic carbocycles. The lowest BCUT2D eigenvalue weighted by Gasteiger charge is -2.14. The lowest BCUT2D eigenvalue weighted by Crippen LogP contribution is -2.32. The van der Waals surface area contributed by atoms with E-state index >= 15 is 0 Å². The molecule has 0 radical (unpaired) electrons. The number of aryl methyl sites for hydroxylation is 2. The van der Waals surface area contributed by atoms with Gasteiger partial charge in [0, 0.05) is 31.1 Å². The van der Waals surface area contributed by atoms with Crippen molar-refractivity contribution in [1.82, 2.24) is 29.7 Å². The van der Waals surface area contributed by atoms with Gasteiger partial charge in [0.05, 0.1) is 0 Å². The molecule has 0 spiro atoms. The quantitative estimate of drug-likeness (QED) is 0.701. The zero-order valence-electron chi connectivity index (χ0n) is 13.3. The van der Waals surface area contributed by atoms with Crippen molar-refractivity contribution in [1.29, 1.82) is 0 Å². The Bertz CT molecular complexity index is 806. The Balaban J connectivity index is 1.50. The van der Waals surface area contributed by atoms with E-state index in [9.17, 15) is 4.79 Å². The average molecular weight is 312 g/mol. The summed E-state index contributed by atoms with van der Waals surface area (Å²) in [6, 6.07) is 7.40. The first-order chi connectivity index (χ1) is 11.2. The van der Waals surface area contributed by atoms with Crippen molar-refractivity contribution >= 4 is 11.6 Å². The molecule has 3 aromatic rings. The van der Waals surface area contributed by atoms with Gasteiger partial charge < -0.3 is 5.32 Å². The van der Waals surface area contributed by atoms with E-state index in [2.05, 4.69) is 20.6 Å². The number of rotatable bonds is 6. The SMILES string of the molecule is Cc1ccnn1C(C)C(=O)NCCCc1nnc2ccccn12. The normalized spacial score (nSPS) is 12.4. The molecule has 7 nitrogen and oxygen atoms in total. The molecule has 0 saturated heterocycles. The number of nitrogens with zero attached hydrogens (tertiary/aromatic N) is 5. The number of hydrogen-bond donors (Lipinski definition) is 1. The monoisotopic (exact) mass is 312 g/mol. The molecule has 1 amide bonds. The number of carbonyl (C=O) groups excluding carboxylic acids is 1. The van der Waals surface area contributed by atoms with Crippen LogP contribution in [0.2, 0.25) is 0 Å². The lowest BCUT2D eigenvalue weighted by atomic mass is 10.2. The van der Waals surface area contributed by atoms with Crippen molar-refractivity contribution in [2.45, 2.75) is 32.7 Å². The number of amides is 1. The maximum absolute atomic E-state index is 12.2. The molecule has 0 bridgehead atoms. The summed E-state index contributed by atoms with van der Waals surface area (Å²) in [5.41, 5.74) is 1.82. The molecule has 1 atom stereocenters. The molecular formula is C16H20N6O. The summed E-state index contributed by atoms with van der Waals surface area (Å²) in [5, 5.41) is 15.4. The van der Waals surface area contributed by atoms with Crippen LogP contribution in [0.1, 0.15) is 30.9 Å². The Kier molecular flexibility index (Phi) is 4.36. The second kappa shape index (κ2) is 6.60. The summed E-state index contributed by atoms with van der Waals surface area (Å²) < 4.78 is 3.69. The van der Waals surface area contributed by atoms with Crippen LogP contribution in [-0.4, -0.2) is 36.8 Å². The van der Waals surface area contributed by atoms with Crippen LogP contribution in [0, 0.1) is 6.92 Å². The minimum Gasteiger partial charge on any atom is -0.354 e. The molecule has 0 aliphatic rings. The van der Waals surface area contributed by atoms with Crippen LogP contribution >= 0.6 is 0 Å². The highest BCUT2D eigenvalue weighted by Crippen LogP contribution is 2.08. The Morgan fingerprint density at radius 3 is 2.96 bits per heavy atom. The molecule has 120 valence electrons. The average Bonchev–Trinajstić information content (AvgIpc) is 3.17. The van der Waals surface area contributed by atoms with E-state index in [1.165, 1.54) is 0 Å². The van der Waals surface area contributed by atoms with Gasteiger partial charge in [0.25, 0.3) is 0 Å². The van der Waals surface area contributed by atoms with Gasteiger partial charge in [-0.3, -0.25) is 13.9 Å². The van der Waals surface area contributed by atoms with Crippen molar-refractivity contribution in [3.63, 3.8) is 0 Å². The Morgan fingerprint density at radius 1 is 1.30 bits per heavy atom. The summed E-state index contributed by atoms with van der Waals surface area (Å²) in [6.45, 7) is 4.39. The lowest BCUT2D eigenvalue weighted by molar-refractivity contribution is -0.124. The van der Waals surface area contributed by atoms with Crippen LogP contribution in [0.25, 0.3) is 5.65 Å². The van der Waals surface area contributed by atoms with Crippen LogP contribution in [0.15, 0.2) is 36.7 Å². The van der Waals surface area contributed by atoms with Gasteiger partial charge in [0.2, 0.25) is 5.91 Å². The smallest absolute Gasteiger partial charge is 0.244 e. The molecule has 23 heavy (non-hydrogen) atoms. The van der Waals surface area contributed by atoms with E-state index in [1.807, 2.05) is 48.7 Å². The first-order valence-corrected chi connectivity index (χ1v) is 7.73. The van der Waals surface area contributed by atoms with Crippen molar-refractivity contribution < 1.29 is 4.79 Å². The number of hydrogen-bond acceptors (Lipinski definition) is 4. The summed E-state index contributed by atoms with van der Waals surface area (Å²) in [4.78, 5) is 12.2. The van der Waals surface area contributed by atoms with Crippen LogP contribution in [-0.2, 0) is 11.2 Å². The molecule has 3 rings (SSSR count). The van der Waals surface area contributed by atoms with E-state index < -0.39 is 0 Å². The predicted molar refractivity (Wildman–Crippen MR) is 86.0 cm³/mol. The van der Waals surface area contributed by atoms with Gasteiger partial charge >= 0.3 is 0 Å². The Hall–Kier alpha value is -2.70. The molecule has 0 aliphatic carbocycles. The van der Waals surface area contributed by atoms with E-state index in [0.717, 1.165) is 30.0 Å². The Labute approximate surface area is 134 Å². The van der Waals surface area contributed by atoms with Crippen LogP contribution in [0.5, 0.6) is 0 Å².